The fraction of sp³-hybridized carbons (Fsp3) is 0.136. The predicted molar refractivity (Wildman–Crippen MR) is 115 cm³/mol. The third kappa shape index (κ3) is 3.92. The molecule has 5 nitrogen and oxygen atoms in total. The predicted octanol–water partition coefficient (Wildman–Crippen LogP) is 4.31. The molecule has 140 valence electrons. The van der Waals surface area contributed by atoms with Crippen LogP contribution in [0.4, 0.5) is 0 Å². The normalized spacial score (nSPS) is 15.8. The van der Waals surface area contributed by atoms with Crippen molar-refractivity contribution in [2.24, 2.45) is 10.2 Å². The van der Waals surface area contributed by atoms with E-state index in [1.807, 2.05) is 48.5 Å². The van der Waals surface area contributed by atoms with Gasteiger partial charge < -0.3 is 4.74 Å². The number of rotatable bonds is 5. The molecule has 3 aromatic rings. The Morgan fingerprint density at radius 2 is 1.86 bits per heavy atom. The summed E-state index contributed by atoms with van der Waals surface area (Å²) in [5.74, 6) is 1.22. The van der Waals surface area contributed by atoms with Gasteiger partial charge in [0.1, 0.15) is 5.75 Å². The van der Waals surface area contributed by atoms with Crippen LogP contribution in [0.25, 0.3) is 10.8 Å². The van der Waals surface area contributed by atoms with Crippen molar-refractivity contribution < 1.29 is 9.53 Å². The summed E-state index contributed by atoms with van der Waals surface area (Å²) in [4.78, 5) is 13.9. The minimum atomic E-state index is 0.0416. The first-order valence-electron chi connectivity index (χ1n) is 8.89. The van der Waals surface area contributed by atoms with Crippen molar-refractivity contribution >= 4 is 39.8 Å². The number of nitrogens with zero attached hydrogens (tertiary/aromatic N) is 3. The number of carbonyl (C=O) groups excluding carboxylic acids is 1. The van der Waals surface area contributed by atoms with E-state index in [0.717, 1.165) is 27.6 Å². The first kappa shape index (κ1) is 18.3. The molecule has 1 heterocycles. The number of ether oxygens (including phenoxy) is 1. The number of amidine groups is 1. The smallest absolute Gasteiger partial charge is 0.239 e. The van der Waals surface area contributed by atoms with E-state index in [9.17, 15) is 4.79 Å². The number of methoxy groups -OCH3 is 1. The van der Waals surface area contributed by atoms with E-state index in [0.29, 0.717) is 17.5 Å². The Balaban J connectivity index is 1.53. The molecule has 6 heteroatoms. The highest BCUT2D eigenvalue weighted by Crippen LogP contribution is 2.23. The number of carbonyl (C=O) groups is 1. The summed E-state index contributed by atoms with van der Waals surface area (Å²) in [5.41, 5.74) is 2.01. The standard InChI is InChI=1S/C22H19N3O2S/c1-27-19-11-9-16(10-12-19)14-25-21(26)15-28-22(25)24-23-13-18-7-4-6-17-5-2-3-8-20(17)18/h2-13H,14-15H2,1H3/b23-13+,24-22-. The van der Waals surface area contributed by atoms with Crippen molar-refractivity contribution in [3.63, 3.8) is 0 Å². The van der Waals surface area contributed by atoms with Gasteiger partial charge in [-0.3, -0.25) is 9.69 Å². The Morgan fingerprint density at radius 1 is 1.07 bits per heavy atom. The van der Waals surface area contributed by atoms with E-state index < -0.39 is 0 Å². The molecular formula is C22H19N3O2S. The Hall–Kier alpha value is -3.12. The van der Waals surface area contributed by atoms with Crippen LogP contribution in [0.3, 0.4) is 0 Å². The van der Waals surface area contributed by atoms with Crippen LogP contribution >= 0.6 is 11.8 Å². The molecular weight excluding hydrogens is 370 g/mol. The number of thioether (sulfide) groups is 1. The van der Waals surface area contributed by atoms with Gasteiger partial charge in [-0.1, -0.05) is 66.4 Å². The van der Waals surface area contributed by atoms with Crippen molar-refractivity contribution in [1.29, 1.82) is 0 Å². The van der Waals surface area contributed by atoms with Gasteiger partial charge in [0.15, 0.2) is 5.17 Å². The highest BCUT2D eigenvalue weighted by atomic mass is 32.2. The van der Waals surface area contributed by atoms with E-state index >= 15 is 0 Å². The molecule has 0 N–H and O–H groups in total. The summed E-state index contributed by atoms with van der Waals surface area (Å²) in [6.07, 6.45) is 1.74. The Morgan fingerprint density at radius 3 is 2.68 bits per heavy atom. The van der Waals surface area contributed by atoms with Gasteiger partial charge in [-0.25, -0.2) is 0 Å². The van der Waals surface area contributed by atoms with Gasteiger partial charge in [0, 0.05) is 5.56 Å². The van der Waals surface area contributed by atoms with Crippen LogP contribution in [0.15, 0.2) is 76.9 Å². The van der Waals surface area contributed by atoms with Gasteiger partial charge >= 0.3 is 0 Å². The lowest BCUT2D eigenvalue weighted by Gasteiger charge is -2.15. The summed E-state index contributed by atoms with van der Waals surface area (Å²) in [6, 6.07) is 21.9. The highest BCUT2D eigenvalue weighted by molar-refractivity contribution is 8.15. The number of hydrogen-bond acceptors (Lipinski definition) is 5. The molecule has 1 aliphatic rings. The van der Waals surface area contributed by atoms with Gasteiger partial charge in [-0.15, -0.1) is 5.10 Å². The zero-order chi connectivity index (χ0) is 19.3. The number of amides is 1. The SMILES string of the molecule is COc1ccc(CN2C(=O)CS/C2=N\N=C\c2cccc3ccccc23)cc1. The maximum atomic E-state index is 12.3. The summed E-state index contributed by atoms with van der Waals surface area (Å²) in [6.45, 7) is 0.471. The van der Waals surface area contributed by atoms with Crippen LogP contribution in [-0.4, -0.2) is 35.1 Å². The molecule has 0 aromatic heterocycles. The van der Waals surface area contributed by atoms with Crippen molar-refractivity contribution in [1.82, 2.24) is 4.90 Å². The third-order valence-corrected chi connectivity index (χ3v) is 5.47. The topological polar surface area (TPSA) is 54.3 Å². The van der Waals surface area contributed by atoms with Gasteiger partial charge in [0.05, 0.1) is 25.6 Å². The molecule has 1 aliphatic heterocycles. The lowest BCUT2D eigenvalue weighted by molar-refractivity contribution is -0.124. The fourth-order valence-corrected chi connectivity index (χ4v) is 3.88. The van der Waals surface area contributed by atoms with Gasteiger partial charge in [-0.2, -0.15) is 5.10 Å². The first-order valence-corrected chi connectivity index (χ1v) is 9.88. The Labute approximate surface area is 167 Å². The molecule has 3 aromatic carbocycles. The fourth-order valence-electron chi connectivity index (χ4n) is 3.04. The van der Waals surface area contributed by atoms with Gasteiger partial charge in [0.25, 0.3) is 0 Å². The average molecular weight is 389 g/mol. The van der Waals surface area contributed by atoms with Crippen LogP contribution < -0.4 is 4.74 Å². The van der Waals surface area contributed by atoms with Crippen LogP contribution in [0.1, 0.15) is 11.1 Å². The first-order chi connectivity index (χ1) is 13.7. The molecule has 1 fully saturated rings. The Bertz CT molecular complexity index is 1060. The van der Waals surface area contributed by atoms with Gasteiger partial charge in [-0.05, 0) is 28.5 Å². The summed E-state index contributed by atoms with van der Waals surface area (Å²) < 4.78 is 5.18. The monoisotopic (exact) mass is 389 g/mol. The molecule has 4 rings (SSSR count). The quantitative estimate of drug-likeness (QED) is 0.483. The van der Waals surface area contributed by atoms with Crippen molar-refractivity contribution in [3.05, 3.63) is 77.9 Å². The summed E-state index contributed by atoms with van der Waals surface area (Å²) >= 11 is 1.41. The second kappa shape index (κ2) is 8.27. The summed E-state index contributed by atoms with van der Waals surface area (Å²) in [7, 11) is 1.63. The highest BCUT2D eigenvalue weighted by Gasteiger charge is 2.28. The van der Waals surface area contributed by atoms with E-state index in [2.05, 4.69) is 28.4 Å². The second-order valence-corrected chi connectivity index (χ2v) is 7.25. The zero-order valence-electron chi connectivity index (χ0n) is 15.4. The second-order valence-electron chi connectivity index (χ2n) is 6.31. The van der Waals surface area contributed by atoms with Crippen molar-refractivity contribution in [2.75, 3.05) is 12.9 Å². The molecule has 0 atom stereocenters. The maximum Gasteiger partial charge on any atom is 0.239 e. The number of benzene rings is 3. The number of hydrogen-bond donors (Lipinski definition) is 0. The molecule has 0 spiro atoms. The minimum absolute atomic E-state index is 0.0416. The van der Waals surface area contributed by atoms with E-state index in [1.54, 1.807) is 18.2 Å². The number of fused-ring (bicyclic) bond motifs is 1. The maximum absolute atomic E-state index is 12.3. The van der Waals surface area contributed by atoms with Crippen molar-refractivity contribution in [3.8, 4) is 5.75 Å². The van der Waals surface area contributed by atoms with Crippen LogP contribution in [0.5, 0.6) is 5.75 Å². The Kier molecular flexibility index (Phi) is 5.39. The molecule has 0 saturated carbocycles. The van der Waals surface area contributed by atoms with Crippen molar-refractivity contribution in [2.45, 2.75) is 6.54 Å². The molecule has 0 aliphatic carbocycles. The van der Waals surface area contributed by atoms with Crippen LogP contribution in [0, 0.1) is 0 Å². The zero-order valence-corrected chi connectivity index (χ0v) is 16.2. The largest absolute Gasteiger partial charge is 0.497 e. The molecule has 1 amide bonds. The van der Waals surface area contributed by atoms with Gasteiger partial charge in [0.2, 0.25) is 5.91 Å². The molecule has 0 unspecified atom stereocenters. The van der Waals surface area contributed by atoms with E-state index in [-0.39, 0.29) is 5.91 Å². The average Bonchev–Trinajstić information content (AvgIpc) is 3.08. The molecule has 28 heavy (non-hydrogen) atoms. The molecule has 0 bridgehead atoms. The summed E-state index contributed by atoms with van der Waals surface area (Å²) in [5, 5.41) is 11.5. The molecule has 0 radical (unpaired) electrons. The van der Waals surface area contributed by atoms with E-state index in [1.165, 1.54) is 11.8 Å². The lowest BCUT2D eigenvalue weighted by Crippen LogP contribution is -2.28. The van der Waals surface area contributed by atoms with Crippen LogP contribution in [-0.2, 0) is 11.3 Å². The molecule has 1 saturated heterocycles. The third-order valence-electron chi connectivity index (χ3n) is 4.52. The van der Waals surface area contributed by atoms with E-state index in [4.69, 9.17) is 4.74 Å². The van der Waals surface area contributed by atoms with Crippen LogP contribution in [0.2, 0.25) is 0 Å². The lowest BCUT2D eigenvalue weighted by atomic mass is 10.1. The minimum Gasteiger partial charge on any atom is -0.497 e.